The van der Waals surface area contributed by atoms with E-state index >= 15 is 0 Å². The van der Waals surface area contributed by atoms with Crippen LogP contribution in [0.25, 0.3) is 17.0 Å². The van der Waals surface area contributed by atoms with E-state index in [4.69, 9.17) is 16.3 Å². The maximum absolute atomic E-state index is 12.5. The lowest BCUT2D eigenvalue weighted by molar-refractivity contribution is 0.104. The van der Waals surface area contributed by atoms with Gasteiger partial charge in [0.1, 0.15) is 5.75 Å². The summed E-state index contributed by atoms with van der Waals surface area (Å²) in [5.74, 6) is 0.684. The molecule has 0 bridgehead atoms. The van der Waals surface area contributed by atoms with Gasteiger partial charge in [-0.15, -0.1) is 0 Å². The molecule has 0 spiro atoms. The Morgan fingerprint density at radius 1 is 1.00 bits per heavy atom. The van der Waals surface area contributed by atoms with Gasteiger partial charge in [-0.2, -0.15) is 0 Å². The third kappa shape index (κ3) is 4.10. The molecule has 1 aromatic heterocycles. The van der Waals surface area contributed by atoms with Crippen LogP contribution in [0.1, 0.15) is 21.5 Å². The van der Waals surface area contributed by atoms with Crippen molar-refractivity contribution >= 4 is 34.4 Å². The number of nitrogens with zero attached hydrogens (tertiary/aromatic N) is 1. The van der Waals surface area contributed by atoms with E-state index in [1.54, 1.807) is 37.5 Å². The molecule has 0 radical (unpaired) electrons. The van der Waals surface area contributed by atoms with Gasteiger partial charge in [0.2, 0.25) is 0 Å². The molecule has 3 nitrogen and oxygen atoms in total. The Kier molecular flexibility index (Phi) is 5.50. The van der Waals surface area contributed by atoms with E-state index < -0.39 is 0 Å². The number of hydrogen-bond acceptors (Lipinski definition) is 2. The number of ether oxygens (including phenoxy) is 1. The van der Waals surface area contributed by atoms with Crippen LogP contribution in [0.15, 0.2) is 85.1 Å². The Morgan fingerprint density at radius 2 is 1.72 bits per heavy atom. The average molecular weight is 402 g/mol. The van der Waals surface area contributed by atoms with Gasteiger partial charge in [-0.25, -0.2) is 0 Å². The number of aromatic nitrogens is 1. The highest BCUT2D eigenvalue weighted by Gasteiger charge is 2.09. The van der Waals surface area contributed by atoms with Crippen molar-refractivity contribution < 1.29 is 9.53 Å². The van der Waals surface area contributed by atoms with Gasteiger partial charge in [0, 0.05) is 39.8 Å². The summed E-state index contributed by atoms with van der Waals surface area (Å²) in [5, 5.41) is 1.84. The Labute approximate surface area is 174 Å². The molecule has 29 heavy (non-hydrogen) atoms. The zero-order chi connectivity index (χ0) is 20.2. The largest absolute Gasteiger partial charge is 0.497 e. The van der Waals surface area contributed by atoms with Crippen LogP contribution < -0.4 is 4.74 Å². The quantitative estimate of drug-likeness (QED) is 0.282. The Balaban J connectivity index is 1.64. The second-order valence-electron chi connectivity index (χ2n) is 6.75. The number of para-hydroxylation sites is 1. The lowest BCUT2D eigenvalue weighted by atomic mass is 10.1. The van der Waals surface area contributed by atoms with E-state index in [9.17, 15) is 4.79 Å². The molecule has 4 heteroatoms. The summed E-state index contributed by atoms with van der Waals surface area (Å²) in [6.07, 6.45) is 5.55. The zero-order valence-corrected chi connectivity index (χ0v) is 16.8. The Bertz CT molecular complexity index is 1190. The van der Waals surface area contributed by atoms with Crippen molar-refractivity contribution in [2.75, 3.05) is 7.11 Å². The van der Waals surface area contributed by atoms with E-state index in [0.717, 1.165) is 32.8 Å². The summed E-state index contributed by atoms with van der Waals surface area (Å²) in [5.41, 5.74) is 3.78. The predicted molar refractivity (Wildman–Crippen MR) is 119 cm³/mol. The number of allylic oxidation sites excluding steroid dienone is 1. The molecule has 0 aliphatic rings. The first-order valence-corrected chi connectivity index (χ1v) is 9.71. The van der Waals surface area contributed by atoms with Gasteiger partial charge in [-0.05, 0) is 54.1 Å². The van der Waals surface area contributed by atoms with Crippen LogP contribution >= 0.6 is 11.6 Å². The number of hydrogen-bond donors (Lipinski definition) is 0. The fraction of sp³-hybridized carbons (Fsp3) is 0.0800. The normalized spacial score (nSPS) is 11.2. The number of carbonyl (C=O) groups excluding carboxylic acids is 1. The smallest absolute Gasteiger partial charge is 0.185 e. The maximum Gasteiger partial charge on any atom is 0.185 e. The van der Waals surface area contributed by atoms with Crippen LogP contribution in [0.3, 0.4) is 0 Å². The van der Waals surface area contributed by atoms with Crippen LogP contribution in [0, 0.1) is 0 Å². The summed E-state index contributed by atoms with van der Waals surface area (Å²) >= 11 is 6.34. The van der Waals surface area contributed by atoms with Gasteiger partial charge >= 0.3 is 0 Å². The molecule has 0 unspecified atom stereocenters. The van der Waals surface area contributed by atoms with E-state index in [2.05, 4.69) is 22.9 Å². The molecular weight excluding hydrogens is 382 g/mol. The highest BCUT2D eigenvalue weighted by molar-refractivity contribution is 6.31. The molecule has 4 aromatic rings. The average Bonchev–Trinajstić information content (AvgIpc) is 3.11. The third-order valence-corrected chi connectivity index (χ3v) is 5.28. The minimum absolute atomic E-state index is 0.0458. The second-order valence-corrected chi connectivity index (χ2v) is 7.15. The minimum Gasteiger partial charge on any atom is -0.497 e. The molecule has 0 aliphatic carbocycles. The fourth-order valence-corrected chi connectivity index (χ4v) is 3.56. The number of carbonyl (C=O) groups is 1. The Morgan fingerprint density at radius 3 is 2.48 bits per heavy atom. The highest BCUT2D eigenvalue weighted by Crippen LogP contribution is 2.25. The van der Waals surface area contributed by atoms with Crippen LogP contribution in [0.5, 0.6) is 5.75 Å². The molecule has 0 saturated carbocycles. The zero-order valence-electron chi connectivity index (χ0n) is 16.0. The van der Waals surface area contributed by atoms with Crippen LogP contribution in [-0.4, -0.2) is 17.5 Å². The molecule has 0 saturated heterocycles. The molecule has 3 aromatic carbocycles. The van der Waals surface area contributed by atoms with E-state index in [1.165, 1.54) is 0 Å². The molecule has 0 fully saturated rings. The topological polar surface area (TPSA) is 31.2 Å². The molecule has 4 rings (SSSR count). The number of ketones is 1. The molecule has 0 N–H and O–H groups in total. The molecular formula is C25H20ClNO2. The van der Waals surface area contributed by atoms with Gasteiger partial charge in [0.15, 0.2) is 5.78 Å². The predicted octanol–water partition coefficient (Wildman–Crippen LogP) is 6.25. The SMILES string of the molecule is COc1ccc(C(=O)/C=C/c2cn(Cc3ccccc3Cl)c3ccccc23)cc1. The fourth-order valence-electron chi connectivity index (χ4n) is 3.37. The standard InChI is InChI=1S/C25H20ClNO2/c1-29-21-13-10-18(11-14-21)25(28)15-12-19-16-27(24-9-5-3-7-22(19)24)17-20-6-2-4-8-23(20)26/h2-16H,17H2,1H3/b15-12+. The third-order valence-electron chi connectivity index (χ3n) is 4.91. The van der Waals surface area contributed by atoms with E-state index in [-0.39, 0.29) is 5.78 Å². The number of halogens is 1. The van der Waals surface area contributed by atoms with Crippen LogP contribution in [0.2, 0.25) is 5.02 Å². The van der Waals surface area contributed by atoms with E-state index in [0.29, 0.717) is 12.1 Å². The first-order valence-electron chi connectivity index (χ1n) is 9.33. The molecule has 0 atom stereocenters. The summed E-state index contributed by atoms with van der Waals surface area (Å²) in [6.45, 7) is 0.667. The first kappa shape index (κ1) is 19.0. The maximum atomic E-state index is 12.5. The molecule has 144 valence electrons. The summed E-state index contributed by atoms with van der Waals surface area (Å²) in [4.78, 5) is 12.5. The van der Waals surface area contributed by atoms with Gasteiger partial charge in [-0.1, -0.05) is 48.0 Å². The van der Waals surface area contributed by atoms with Gasteiger partial charge in [0.05, 0.1) is 7.11 Å². The minimum atomic E-state index is -0.0458. The van der Waals surface area contributed by atoms with Crippen LogP contribution in [0.4, 0.5) is 0 Å². The number of fused-ring (bicyclic) bond motifs is 1. The van der Waals surface area contributed by atoms with Gasteiger partial charge in [0.25, 0.3) is 0 Å². The summed E-state index contributed by atoms with van der Waals surface area (Å²) < 4.78 is 7.31. The molecule has 1 heterocycles. The van der Waals surface area contributed by atoms with Crippen LogP contribution in [-0.2, 0) is 6.54 Å². The first-order chi connectivity index (χ1) is 14.2. The highest BCUT2D eigenvalue weighted by atomic mass is 35.5. The van der Waals surface area contributed by atoms with Crippen molar-refractivity contribution in [3.63, 3.8) is 0 Å². The number of rotatable bonds is 6. The summed E-state index contributed by atoms with van der Waals surface area (Å²) in [6, 6.07) is 23.1. The van der Waals surface area contributed by atoms with Crippen molar-refractivity contribution in [3.05, 3.63) is 107 Å². The Hall–Kier alpha value is -3.30. The monoisotopic (exact) mass is 401 g/mol. The van der Waals surface area contributed by atoms with Crippen molar-refractivity contribution in [2.45, 2.75) is 6.54 Å². The number of benzene rings is 3. The van der Waals surface area contributed by atoms with Gasteiger partial charge < -0.3 is 9.30 Å². The lowest BCUT2D eigenvalue weighted by Gasteiger charge is -2.07. The molecule has 0 aliphatic heterocycles. The van der Waals surface area contributed by atoms with Crippen molar-refractivity contribution in [1.82, 2.24) is 4.57 Å². The summed E-state index contributed by atoms with van der Waals surface area (Å²) in [7, 11) is 1.61. The molecule has 0 amide bonds. The van der Waals surface area contributed by atoms with Crippen molar-refractivity contribution in [1.29, 1.82) is 0 Å². The van der Waals surface area contributed by atoms with E-state index in [1.807, 2.05) is 42.5 Å². The van der Waals surface area contributed by atoms with Crippen molar-refractivity contribution in [3.8, 4) is 5.75 Å². The van der Waals surface area contributed by atoms with Gasteiger partial charge in [-0.3, -0.25) is 4.79 Å². The lowest BCUT2D eigenvalue weighted by Crippen LogP contribution is -1.98. The number of methoxy groups -OCH3 is 1. The van der Waals surface area contributed by atoms with Crippen molar-refractivity contribution in [2.24, 2.45) is 0 Å². The second kappa shape index (κ2) is 8.38.